The highest BCUT2D eigenvalue weighted by atomic mass is 16.5. The first-order valence-corrected chi connectivity index (χ1v) is 7.73. The van der Waals surface area contributed by atoms with Gasteiger partial charge in [0.1, 0.15) is 0 Å². The molecule has 1 N–H and O–H groups in total. The fourth-order valence-corrected chi connectivity index (χ4v) is 3.42. The molecule has 106 valence electrons. The van der Waals surface area contributed by atoms with Gasteiger partial charge in [-0.15, -0.1) is 0 Å². The Bertz CT molecular complexity index is 249. The van der Waals surface area contributed by atoms with Crippen LogP contribution in [0.1, 0.15) is 46.0 Å². The number of piperazine rings is 1. The molecule has 0 aromatic rings. The molecule has 0 aromatic heterocycles. The van der Waals surface area contributed by atoms with Gasteiger partial charge in [0.2, 0.25) is 0 Å². The van der Waals surface area contributed by atoms with Crippen LogP contribution in [-0.2, 0) is 4.74 Å². The smallest absolute Gasteiger partial charge is 0.0474 e. The van der Waals surface area contributed by atoms with Gasteiger partial charge in [0, 0.05) is 44.9 Å². The molecule has 0 bridgehead atoms. The van der Waals surface area contributed by atoms with E-state index in [2.05, 4.69) is 24.1 Å². The van der Waals surface area contributed by atoms with Crippen molar-refractivity contribution in [2.45, 2.75) is 57.5 Å². The molecule has 1 atom stereocenters. The SMILES string of the molecule is CCC1(CC)CNC(C2CC2)CN1CCCOC. The minimum Gasteiger partial charge on any atom is -0.385 e. The summed E-state index contributed by atoms with van der Waals surface area (Å²) in [5.74, 6) is 0.960. The zero-order valence-corrected chi connectivity index (χ0v) is 12.4. The minimum atomic E-state index is 0.388. The van der Waals surface area contributed by atoms with E-state index >= 15 is 0 Å². The molecule has 1 unspecified atom stereocenters. The summed E-state index contributed by atoms with van der Waals surface area (Å²) in [6.07, 6.45) is 6.54. The second-order valence-electron chi connectivity index (χ2n) is 6.05. The lowest BCUT2D eigenvalue weighted by molar-refractivity contribution is 0.0209. The Morgan fingerprint density at radius 1 is 1.28 bits per heavy atom. The number of ether oxygens (including phenoxy) is 1. The fourth-order valence-electron chi connectivity index (χ4n) is 3.42. The predicted octanol–water partition coefficient (Wildman–Crippen LogP) is 2.27. The van der Waals surface area contributed by atoms with Gasteiger partial charge in [-0.2, -0.15) is 0 Å². The highest BCUT2D eigenvalue weighted by Crippen LogP contribution is 2.37. The van der Waals surface area contributed by atoms with Crippen molar-refractivity contribution in [3.8, 4) is 0 Å². The third-order valence-corrected chi connectivity index (χ3v) is 5.06. The van der Waals surface area contributed by atoms with Gasteiger partial charge in [-0.05, 0) is 38.0 Å². The van der Waals surface area contributed by atoms with E-state index in [4.69, 9.17) is 4.74 Å². The van der Waals surface area contributed by atoms with E-state index in [0.717, 1.165) is 25.0 Å². The molecule has 18 heavy (non-hydrogen) atoms. The third-order valence-electron chi connectivity index (χ3n) is 5.06. The average Bonchev–Trinajstić information content (AvgIpc) is 3.23. The lowest BCUT2D eigenvalue weighted by Crippen LogP contribution is -2.64. The van der Waals surface area contributed by atoms with Crippen molar-refractivity contribution in [3.05, 3.63) is 0 Å². The number of rotatable bonds is 7. The summed E-state index contributed by atoms with van der Waals surface area (Å²) in [7, 11) is 1.80. The largest absolute Gasteiger partial charge is 0.385 e. The van der Waals surface area contributed by atoms with Gasteiger partial charge in [0.25, 0.3) is 0 Å². The van der Waals surface area contributed by atoms with Crippen LogP contribution >= 0.6 is 0 Å². The molecule has 1 heterocycles. The Hall–Kier alpha value is -0.120. The van der Waals surface area contributed by atoms with Crippen molar-refractivity contribution in [2.75, 3.05) is 33.4 Å². The molecule has 1 saturated carbocycles. The fraction of sp³-hybridized carbons (Fsp3) is 1.00. The van der Waals surface area contributed by atoms with Crippen molar-refractivity contribution in [1.29, 1.82) is 0 Å². The second-order valence-corrected chi connectivity index (χ2v) is 6.05. The Labute approximate surface area is 112 Å². The molecular formula is C15H30N2O. The van der Waals surface area contributed by atoms with E-state index in [1.165, 1.54) is 45.3 Å². The Morgan fingerprint density at radius 2 is 2.00 bits per heavy atom. The third kappa shape index (κ3) is 3.06. The molecule has 1 aliphatic carbocycles. The maximum atomic E-state index is 5.21. The Morgan fingerprint density at radius 3 is 2.56 bits per heavy atom. The number of nitrogens with zero attached hydrogens (tertiary/aromatic N) is 1. The summed E-state index contributed by atoms with van der Waals surface area (Å²) >= 11 is 0. The number of hydrogen-bond acceptors (Lipinski definition) is 3. The standard InChI is InChI=1S/C15H30N2O/c1-4-15(5-2)12-16-14(13-7-8-13)11-17(15)9-6-10-18-3/h13-14,16H,4-12H2,1-3H3. The first-order chi connectivity index (χ1) is 8.75. The molecule has 0 aromatic carbocycles. The topological polar surface area (TPSA) is 24.5 Å². The highest BCUT2D eigenvalue weighted by Gasteiger charge is 2.42. The molecule has 0 spiro atoms. The normalized spacial score (nSPS) is 28.5. The molecule has 1 saturated heterocycles. The predicted molar refractivity (Wildman–Crippen MR) is 75.9 cm³/mol. The maximum Gasteiger partial charge on any atom is 0.0474 e. The van der Waals surface area contributed by atoms with E-state index in [9.17, 15) is 0 Å². The van der Waals surface area contributed by atoms with Crippen molar-refractivity contribution >= 4 is 0 Å². The van der Waals surface area contributed by atoms with Gasteiger partial charge >= 0.3 is 0 Å². The summed E-state index contributed by atoms with van der Waals surface area (Å²) in [6.45, 7) is 9.18. The lowest BCUT2D eigenvalue weighted by atomic mass is 9.86. The van der Waals surface area contributed by atoms with E-state index < -0.39 is 0 Å². The molecular weight excluding hydrogens is 224 g/mol. The number of hydrogen-bond donors (Lipinski definition) is 1. The summed E-state index contributed by atoms with van der Waals surface area (Å²) in [5.41, 5.74) is 0.388. The molecule has 0 radical (unpaired) electrons. The zero-order valence-electron chi connectivity index (χ0n) is 12.4. The van der Waals surface area contributed by atoms with Crippen molar-refractivity contribution in [2.24, 2.45) is 5.92 Å². The monoisotopic (exact) mass is 254 g/mol. The Balaban J connectivity index is 1.95. The summed E-state index contributed by atoms with van der Waals surface area (Å²) in [4.78, 5) is 2.76. The van der Waals surface area contributed by atoms with E-state index in [0.29, 0.717) is 5.54 Å². The minimum absolute atomic E-state index is 0.388. The molecule has 1 aliphatic heterocycles. The zero-order chi connectivity index (χ0) is 13.0. The second kappa shape index (κ2) is 6.36. The van der Waals surface area contributed by atoms with Gasteiger partial charge < -0.3 is 10.1 Å². The lowest BCUT2D eigenvalue weighted by Gasteiger charge is -2.50. The molecule has 0 amide bonds. The van der Waals surface area contributed by atoms with Crippen molar-refractivity contribution in [3.63, 3.8) is 0 Å². The van der Waals surface area contributed by atoms with Gasteiger partial charge in [-0.3, -0.25) is 4.90 Å². The van der Waals surface area contributed by atoms with E-state index in [1.54, 1.807) is 7.11 Å². The van der Waals surface area contributed by atoms with Crippen LogP contribution < -0.4 is 5.32 Å². The molecule has 2 rings (SSSR count). The molecule has 3 nitrogen and oxygen atoms in total. The summed E-state index contributed by atoms with van der Waals surface area (Å²) in [5, 5.41) is 3.82. The average molecular weight is 254 g/mol. The quantitative estimate of drug-likeness (QED) is 0.705. The van der Waals surface area contributed by atoms with Gasteiger partial charge in [-0.1, -0.05) is 13.8 Å². The van der Waals surface area contributed by atoms with Crippen LogP contribution in [0.5, 0.6) is 0 Å². The molecule has 2 fully saturated rings. The first-order valence-electron chi connectivity index (χ1n) is 7.73. The Kier molecular flexibility index (Phi) is 5.05. The van der Waals surface area contributed by atoms with Crippen LogP contribution in [0.25, 0.3) is 0 Å². The van der Waals surface area contributed by atoms with Gasteiger partial charge in [-0.25, -0.2) is 0 Å². The first kappa shape index (κ1) is 14.3. The van der Waals surface area contributed by atoms with E-state index in [-0.39, 0.29) is 0 Å². The maximum absolute atomic E-state index is 5.21. The van der Waals surface area contributed by atoms with Crippen LogP contribution in [0.15, 0.2) is 0 Å². The summed E-state index contributed by atoms with van der Waals surface area (Å²) < 4.78 is 5.21. The van der Waals surface area contributed by atoms with Crippen molar-refractivity contribution < 1.29 is 4.74 Å². The molecule has 3 heteroatoms. The van der Waals surface area contributed by atoms with Crippen molar-refractivity contribution in [1.82, 2.24) is 10.2 Å². The number of methoxy groups -OCH3 is 1. The highest BCUT2D eigenvalue weighted by molar-refractivity contribution is 5.01. The van der Waals surface area contributed by atoms with E-state index in [1.807, 2.05) is 0 Å². The van der Waals surface area contributed by atoms with Gasteiger partial charge in [0.05, 0.1) is 0 Å². The number of nitrogens with one attached hydrogen (secondary N) is 1. The van der Waals surface area contributed by atoms with Crippen LogP contribution in [0.4, 0.5) is 0 Å². The van der Waals surface area contributed by atoms with Crippen LogP contribution in [0.2, 0.25) is 0 Å². The van der Waals surface area contributed by atoms with Gasteiger partial charge in [0.15, 0.2) is 0 Å². The molecule has 2 aliphatic rings. The van der Waals surface area contributed by atoms with Crippen LogP contribution in [0.3, 0.4) is 0 Å². The summed E-state index contributed by atoms with van der Waals surface area (Å²) in [6, 6.07) is 0.749. The van der Waals surface area contributed by atoms with Crippen LogP contribution in [-0.4, -0.2) is 49.8 Å². The van der Waals surface area contributed by atoms with Crippen LogP contribution in [0, 0.1) is 5.92 Å².